The number of aromatic nitrogens is 3. The quantitative estimate of drug-likeness (QED) is 0.569. The van der Waals surface area contributed by atoms with Crippen LogP contribution in [0, 0.1) is 5.82 Å². The largest absolute Gasteiger partial charge is 0.497 e. The number of ether oxygens (including phenoxy) is 2. The molecule has 4 rings (SSSR count). The van der Waals surface area contributed by atoms with E-state index in [2.05, 4.69) is 20.1 Å². The number of carbonyl (C=O) groups is 1. The Kier molecular flexibility index (Phi) is 7.05. The van der Waals surface area contributed by atoms with Crippen LogP contribution in [0.4, 0.5) is 10.1 Å². The van der Waals surface area contributed by atoms with Crippen LogP contribution in [0.25, 0.3) is 11.4 Å². The molecule has 1 N–H and O–H groups in total. The van der Waals surface area contributed by atoms with Crippen LogP contribution >= 0.6 is 0 Å². The maximum absolute atomic E-state index is 13.1. The number of benzene rings is 2. The van der Waals surface area contributed by atoms with Crippen LogP contribution in [0.5, 0.6) is 11.5 Å². The number of hydrogen-bond donors (Lipinski definition) is 1. The molecule has 0 spiro atoms. The number of amides is 1. The molecule has 1 aromatic heterocycles. The number of halogens is 1. The molecule has 1 fully saturated rings. The highest BCUT2D eigenvalue weighted by Gasteiger charge is 2.22. The van der Waals surface area contributed by atoms with Crippen molar-refractivity contribution in [2.24, 2.45) is 0 Å². The summed E-state index contributed by atoms with van der Waals surface area (Å²) in [5.74, 6) is 1.10. The van der Waals surface area contributed by atoms with E-state index in [1.54, 1.807) is 35.2 Å². The van der Waals surface area contributed by atoms with E-state index in [1.165, 1.54) is 26.4 Å². The van der Waals surface area contributed by atoms with Gasteiger partial charge in [0.1, 0.15) is 23.0 Å². The van der Waals surface area contributed by atoms with E-state index >= 15 is 0 Å². The minimum absolute atomic E-state index is 0.0402. The summed E-state index contributed by atoms with van der Waals surface area (Å²) in [5.41, 5.74) is 1.35. The van der Waals surface area contributed by atoms with Crippen molar-refractivity contribution in [3.05, 3.63) is 64.3 Å². The summed E-state index contributed by atoms with van der Waals surface area (Å²) in [5, 5.41) is 8.18. The molecule has 34 heavy (non-hydrogen) atoms. The van der Waals surface area contributed by atoms with Crippen molar-refractivity contribution >= 4 is 11.6 Å². The number of aromatic amines is 1. The molecule has 9 nitrogen and oxygen atoms in total. The van der Waals surface area contributed by atoms with E-state index in [0.717, 1.165) is 5.69 Å². The zero-order chi connectivity index (χ0) is 24.1. The first kappa shape index (κ1) is 23.2. The average Bonchev–Trinajstić information content (AvgIpc) is 2.88. The summed E-state index contributed by atoms with van der Waals surface area (Å²) in [6.07, 6.45) is 0.363. The lowest BCUT2D eigenvalue weighted by molar-refractivity contribution is -0.131. The first-order valence-corrected chi connectivity index (χ1v) is 10.9. The number of anilines is 1. The summed E-state index contributed by atoms with van der Waals surface area (Å²) in [4.78, 5) is 31.8. The van der Waals surface area contributed by atoms with E-state index < -0.39 is 0 Å². The summed E-state index contributed by atoms with van der Waals surface area (Å²) in [6.45, 7) is 2.45. The first-order valence-electron chi connectivity index (χ1n) is 10.9. The van der Waals surface area contributed by atoms with Crippen molar-refractivity contribution in [1.29, 1.82) is 0 Å². The minimum atomic E-state index is -0.388. The Labute approximate surface area is 196 Å². The van der Waals surface area contributed by atoms with Gasteiger partial charge in [0.05, 0.1) is 14.2 Å². The lowest BCUT2D eigenvalue weighted by Gasteiger charge is -2.36. The maximum Gasteiger partial charge on any atom is 0.273 e. The standard InChI is InChI=1S/C24H26FN5O4/c1-33-19-13-16(14-20(15-19)34-2)23-26-24(32)21(27-28-23)7-8-22(31)30-11-9-29(10-12-30)18-5-3-17(25)4-6-18/h3-6,13-15H,7-12H2,1-2H3,(H,26,28,32). The van der Waals surface area contributed by atoms with Gasteiger partial charge in [-0.25, -0.2) is 4.39 Å². The predicted molar refractivity (Wildman–Crippen MR) is 125 cm³/mol. The smallest absolute Gasteiger partial charge is 0.273 e. The second-order valence-electron chi connectivity index (χ2n) is 7.90. The molecule has 2 aromatic carbocycles. The number of H-pyrrole nitrogens is 1. The predicted octanol–water partition coefficient (Wildman–Crippen LogP) is 2.27. The molecule has 3 aromatic rings. The molecule has 1 saturated heterocycles. The van der Waals surface area contributed by atoms with Gasteiger partial charge in [-0.2, -0.15) is 0 Å². The molecular formula is C24H26FN5O4. The number of nitrogens with zero attached hydrogens (tertiary/aromatic N) is 4. The van der Waals surface area contributed by atoms with Crippen molar-refractivity contribution in [3.8, 4) is 22.9 Å². The van der Waals surface area contributed by atoms with Gasteiger partial charge < -0.3 is 24.3 Å². The Balaban J connectivity index is 1.35. The molecular weight excluding hydrogens is 441 g/mol. The van der Waals surface area contributed by atoms with Gasteiger partial charge in [-0.15, -0.1) is 10.2 Å². The van der Waals surface area contributed by atoms with Crippen molar-refractivity contribution < 1.29 is 18.7 Å². The Morgan fingerprint density at radius 2 is 1.65 bits per heavy atom. The van der Waals surface area contributed by atoms with Gasteiger partial charge >= 0.3 is 0 Å². The number of carbonyl (C=O) groups excluding carboxylic acids is 1. The minimum Gasteiger partial charge on any atom is -0.497 e. The third-order valence-electron chi connectivity index (χ3n) is 5.79. The normalized spacial score (nSPS) is 13.6. The number of nitrogens with one attached hydrogen (secondary N) is 1. The summed E-state index contributed by atoms with van der Waals surface area (Å²) in [7, 11) is 3.07. The van der Waals surface area contributed by atoms with Crippen molar-refractivity contribution in [1.82, 2.24) is 20.1 Å². The fourth-order valence-corrected chi connectivity index (χ4v) is 3.85. The fraction of sp³-hybridized carbons (Fsp3) is 0.333. The van der Waals surface area contributed by atoms with E-state index in [4.69, 9.17) is 9.47 Å². The van der Waals surface area contributed by atoms with Crippen LogP contribution < -0.4 is 19.9 Å². The second-order valence-corrected chi connectivity index (χ2v) is 7.90. The Morgan fingerprint density at radius 3 is 2.24 bits per heavy atom. The number of rotatable bonds is 7. The van der Waals surface area contributed by atoms with E-state index in [1.807, 2.05) is 0 Å². The molecule has 1 aliphatic rings. The first-order chi connectivity index (χ1) is 16.5. The number of methoxy groups -OCH3 is 2. The molecule has 0 unspecified atom stereocenters. The monoisotopic (exact) mass is 467 g/mol. The van der Waals surface area contributed by atoms with Crippen LogP contribution in [0.2, 0.25) is 0 Å². The number of piperazine rings is 1. The molecule has 10 heteroatoms. The summed E-state index contributed by atoms with van der Waals surface area (Å²) < 4.78 is 23.6. The highest BCUT2D eigenvalue weighted by molar-refractivity contribution is 5.76. The molecule has 0 radical (unpaired) electrons. The maximum atomic E-state index is 13.1. The molecule has 0 bridgehead atoms. The van der Waals surface area contributed by atoms with Gasteiger partial charge in [0.2, 0.25) is 5.91 Å². The average molecular weight is 468 g/mol. The number of aryl methyl sites for hydroxylation is 1. The van der Waals surface area contributed by atoms with Gasteiger partial charge in [-0.3, -0.25) is 9.59 Å². The summed E-state index contributed by atoms with van der Waals surface area (Å²) >= 11 is 0. The topological polar surface area (TPSA) is 101 Å². The van der Waals surface area contributed by atoms with E-state index in [0.29, 0.717) is 43.2 Å². The van der Waals surface area contributed by atoms with Crippen LogP contribution in [0.15, 0.2) is 47.3 Å². The highest BCUT2D eigenvalue weighted by atomic mass is 19.1. The highest BCUT2D eigenvalue weighted by Crippen LogP contribution is 2.27. The van der Waals surface area contributed by atoms with E-state index in [-0.39, 0.29) is 41.6 Å². The Hall–Kier alpha value is -3.95. The zero-order valence-electron chi connectivity index (χ0n) is 19.1. The van der Waals surface area contributed by atoms with E-state index in [9.17, 15) is 14.0 Å². The second kappa shape index (κ2) is 10.3. The summed E-state index contributed by atoms with van der Waals surface area (Å²) in [6, 6.07) is 11.5. The van der Waals surface area contributed by atoms with Crippen LogP contribution in [-0.2, 0) is 11.2 Å². The molecule has 0 atom stereocenters. The molecule has 0 aliphatic carbocycles. The molecule has 2 heterocycles. The van der Waals surface area contributed by atoms with Gasteiger partial charge in [0.25, 0.3) is 5.56 Å². The van der Waals surface area contributed by atoms with Crippen LogP contribution in [0.1, 0.15) is 12.1 Å². The van der Waals surface area contributed by atoms with Gasteiger partial charge in [-0.1, -0.05) is 0 Å². The SMILES string of the molecule is COc1cc(OC)cc(-c2nnc(CCC(=O)N3CCN(c4ccc(F)cc4)CC3)c(=O)[nH]2)c1. The molecule has 1 aliphatic heterocycles. The lowest BCUT2D eigenvalue weighted by atomic mass is 10.1. The number of hydrogen-bond acceptors (Lipinski definition) is 7. The molecule has 178 valence electrons. The third-order valence-corrected chi connectivity index (χ3v) is 5.79. The van der Waals surface area contributed by atoms with Gasteiger partial charge in [0.15, 0.2) is 5.82 Å². The van der Waals surface area contributed by atoms with Crippen molar-refractivity contribution in [3.63, 3.8) is 0 Å². The van der Waals surface area contributed by atoms with Crippen LogP contribution in [-0.4, -0.2) is 66.4 Å². The van der Waals surface area contributed by atoms with Crippen molar-refractivity contribution in [2.45, 2.75) is 12.8 Å². The van der Waals surface area contributed by atoms with Gasteiger partial charge in [0, 0.05) is 56.3 Å². The lowest BCUT2D eigenvalue weighted by Crippen LogP contribution is -2.48. The van der Waals surface area contributed by atoms with Crippen molar-refractivity contribution in [2.75, 3.05) is 45.3 Å². The zero-order valence-corrected chi connectivity index (χ0v) is 19.1. The van der Waals surface area contributed by atoms with Crippen LogP contribution in [0.3, 0.4) is 0 Å². The molecule has 0 saturated carbocycles. The molecule has 1 amide bonds. The fourth-order valence-electron chi connectivity index (χ4n) is 3.85. The Bertz CT molecular complexity index is 1180. The third kappa shape index (κ3) is 5.33. The Morgan fingerprint density at radius 1 is 1.00 bits per heavy atom. The van der Waals surface area contributed by atoms with Gasteiger partial charge in [-0.05, 0) is 36.4 Å².